The summed E-state index contributed by atoms with van der Waals surface area (Å²) in [5, 5.41) is 0.225. The lowest BCUT2D eigenvalue weighted by atomic mass is 10.3. The second kappa shape index (κ2) is 3.40. The Balaban J connectivity index is 3.17. The maximum Gasteiger partial charge on any atom is 0.269 e. The average molecular weight is 187 g/mol. The highest BCUT2D eigenvalue weighted by Gasteiger charge is 2.08. The van der Waals surface area contributed by atoms with Crippen LogP contribution in [0.4, 0.5) is 0 Å². The smallest absolute Gasteiger partial charge is 0.269 e. The van der Waals surface area contributed by atoms with E-state index in [2.05, 4.69) is 4.98 Å². The van der Waals surface area contributed by atoms with Crippen LogP contribution >= 0.6 is 11.6 Å². The number of amides is 1. The minimum absolute atomic E-state index is 0.0241. The molecule has 64 valence electrons. The van der Waals surface area contributed by atoms with E-state index in [-0.39, 0.29) is 10.7 Å². The molecule has 0 aliphatic carbocycles. The number of nitrogens with zero attached hydrogens (tertiary/aromatic N) is 1. The summed E-state index contributed by atoms with van der Waals surface area (Å²) in [7, 11) is 1.45. The minimum Gasteiger partial charge on any atom is -0.481 e. The zero-order valence-electron chi connectivity index (χ0n) is 6.37. The van der Waals surface area contributed by atoms with Crippen LogP contribution in [-0.2, 0) is 0 Å². The van der Waals surface area contributed by atoms with Crippen molar-refractivity contribution in [3.8, 4) is 5.88 Å². The fraction of sp³-hybridized carbons (Fsp3) is 0.143. The number of hydrogen-bond donors (Lipinski definition) is 1. The van der Waals surface area contributed by atoms with Crippen LogP contribution in [0.3, 0.4) is 0 Å². The fourth-order valence-corrected chi connectivity index (χ4v) is 0.909. The monoisotopic (exact) mass is 186 g/mol. The molecular weight excluding hydrogens is 180 g/mol. The molecule has 0 bridgehead atoms. The lowest BCUT2D eigenvalue weighted by molar-refractivity contribution is 0.0995. The predicted molar refractivity (Wildman–Crippen MR) is 44.3 cm³/mol. The minimum atomic E-state index is -0.668. The van der Waals surface area contributed by atoms with Crippen molar-refractivity contribution in [2.24, 2.45) is 5.73 Å². The van der Waals surface area contributed by atoms with Gasteiger partial charge in [-0.05, 0) is 6.07 Å². The Kier molecular flexibility index (Phi) is 2.50. The molecule has 0 atom stereocenters. The third-order valence-corrected chi connectivity index (χ3v) is 1.57. The Morgan fingerprint density at radius 3 is 2.83 bits per heavy atom. The molecule has 0 aromatic carbocycles. The van der Waals surface area contributed by atoms with Gasteiger partial charge in [0.25, 0.3) is 5.91 Å². The number of primary amides is 1. The highest BCUT2D eigenvalue weighted by molar-refractivity contribution is 6.33. The number of nitrogens with two attached hydrogens (primary N) is 1. The summed E-state index contributed by atoms with van der Waals surface area (Å²) in [5.74, 6) is -0.355. The van der Waals surface area contributed by atoms with Gasteiger partial charge in [-0.15, -0.1) is 0 Å². The first-order valence-corrected chi connectivity index (χ1v) is 3.53. The summed E-state index contributed by atoms with van der Waals surface area (Å²) in [6.07, 6.45) is 0. The molecule has 1 aromatic rings. The van der Waals surface area contributed by atoms with Crippen LogP contribution in [0, 0.1) is 0 Å². The summed E-state index contributed by atoms with van der Waals surface area (Å²) in [5.41, 5.74) is 5.02. The summed E-state index contributed by atoms with van der Waals surface area (Å²) in [6.45, 7) is 0. The first-order valence-electron chi connectivity index (χ1n) is 3.15. The third-order valence-electron chi connectivity index (χ3n) is 1.26. The van der Waals surface area contributed by atoms with Crippen molar-refractivity contribution in [1.29, 1.82) is 0 Å². The van der Waals surface area contributed by atoms with E-state index in [4.69, 9.17) is 22.1 Å². The molecule has 1 aromatic heterocycles. The maximum atomic E-state index is 10.7. The van der Waals surface area contributed by atoms with E-state index in [9.17, 15) is 4.79 Å². The standard InChI is InChI=1S/C7H7ClN2O2/c1-12-5-3-2-4(8)6(10-5)7(9)11/h2-3H,1H3,(H2,9,11). The second-order valence-corrected chi connectivity index (χ2v) is 2.46. The maximum absolute atomic E-state index is 10.7. The molecule has 4 nitrogen and oxygen atoms in total. The molecule has 1 rings (SSSR count). The zero-order valence-corrected chi connectivity index (χ0v) is 7.13. The van der Waals surface area contributed by atoms with Crippen LogP contribution < -0.4 is 10.5 Å². The Hall–Kier alpha value is -1.29. The fourth-order valence-electron chi connectivity index (χ4n) is 0.711. The number of ether oxygens (including phenoxy) is 1. The van der Waals surface area contributed by atoms with Gasteiger partial charge in [0.05, 0.1) is 12.1 Å². The van der Waals surface area contributed by atoms with Gasteiger partial charge in [-0.2, -0.15) is 0 Å². The molecule has 0 radical (unpaired) electrons. The number of aromatic nitrogens is 1. The highest BCUT2D eigenvalue weighted by atomic mass is 35.5. The highest BCUT2D eigenvalue weighted by Crippen LogP contribution is 2.16. The molecule has 0 saturated heterocycles. The Morgan fingerprint density at radius 2 is 2.33 bits per heavy atom. The van der Waals surface area contributed by atoms with Crippen molar-refractivity contribution < 1.29 is 9.53 Å². The van der Waals surface area contributed by atoms with Gasteiger partial charge in [0.2, 0.25) is 5.88 Å². The first-order chi connectivity index (χ1) is 5.65. The molecule has 2 N–H and O–H groups in total. The van der Waals surface area contributed by atoms with Crippen LogP contribution in [0.25, 0.3) is 0 Å². The molecule has 0 saturated carbocycles. The van der Waals surface area contributed by atoms with E-state index in [1.807, 2.05) is 0 Å². The van der Waals surface area contributed by atoms with Crippen molar-refractivity contribution in [1.82, 2.24) is 4.98 Å². The lowest BCUT2D eigenvalue weighted by Gasteiger charge is -2.01. The van der Waals surface area contributed by atoms with E-state index in [0.717, 1.165) is 0 Å². The van der Waals surface area contributed by atoms with E-state index < -0.39 is 5.91 Å². The first kappa shape index (κ1) is 8.80. The van der Waals surface area contributed by atoms with E-state index in [1.165, 1.54) is 13.2 Å². The van der Waals surface area contributed by atoms with Gasteiger partial charge in [0.1, 0.15) is 0 Å². The van der Waals surface area contributed by atoms with Gasteiger partial charge in [-0.3, -0.25) is 4.79 Å². The Labute approximate surface area is 74.3 Å². The number of methoxy groups -OCH3 is 1. The number of pyridine rings is 1. The Morgan fingerprint density at radius 1 is 1.67 bits per heavy atom. The normalized spacial score (nSPS) is 9.50. The number of halogens is 1. The van der Waals surface area contributed by atoms with Crippen molar-refractivity contribution in [2.75, 3.05) is 7.11 Å². The molecule has 5 heteroatoms. The van der Waals surface area contributed by atoms with Gasteiger partial charge in [0.15, 0.2) is 5.69 Å². The molecule has 0 fully saturated rings. The van der Waals surface area contributed by atoms with Crippen LogP contribution in [0.5, 0.6) is 5.88 Å². The van der Waals surface area contributed by atoms with Gasteiger partial charge in [0, 0.05) is 6.07 Å². The molecule has 12 heavy (non-hydrogen) atoms. The van der Waals surface area contributed by atoms with Crippen LogP contribution in [0.2, 0.25) is 5.02 Å². The van der Waals surface area contributed by atoms with Crippen LogP contribution in [0.15, 0.2) is 12.1 Å². The molecule has 0 unspecified atom stereocenters. The van der Waals surface area contributed by atoms with Crippen molar-refractivity contribution in [2.45, 2.75) is 0 Å². The lowest BCUT2D eigenvalue weighted by Crippen LogP contribution is -2.13. The molecule has 0 aliphatic heterocycles. The second-order valence-electron chi connectivity index (χ2n) is 2.05. The number of carbonyl (C=O) groups is 1. The molecule has 1 heterocycles. The van der Waals surface area contributed by atoms with Crippen molar-refractivity contribution in [3.05, 3.63) is 22.8 Å². The van der Waals surface area contributed by atoms with E-state index in [0.29, 0.717) is 5.88 Å². The third kappa shape index (κ3) is 1.65. The summed E-state index contributed by atoms with van der Waals surface area (Å²) in [6, 6.07) is 3.06. The van der Waals surface area contributed by atoms with Crippen molar-refractivity contribution >= 4 is 17.5 Å². The van der Waals surface area contributed by atoms with Crippen LogP contribution in [-0.4, -0.2) is 18.0 Å². The SMILES string of the molecule is COc1ccc(Cl)c(C(N)=O)n1. The quantitative estimate of drug-likeness (QED) is 0.745. The van der Waals surface area contributed by atoms with Crippen LogP contribution in [0.1, 0.15) is 10.5 Å². The molecule has 1 amide bonds. The Bertz CT molecular complexity index is 314. The number of hydrogen-bond acceptors (Lipinski definition) is 3. The number of carbonyl (C=O) groups excluding carboxylic acids is 1. The van der Waals surface area contributed by atoms with Crippen molar-refractivity contribution in [3.63, 3.8) is 0 Å². The molecule has 0 spiro atoms. The van der Waals surface area contributed by atoms with Gasteiger partial charge in [-0.25, -0.2) is 4.98 Å². The predicted octanol–water partition coefficient (Wildman–Crippen LogP) is 0.843. The molecule has 0 aliphatic rings. The van der Waals surface area contributed by atoms with E-state index in [1.54, 1.807) is 6.07 Å². The van der Waals surface area contributed by atoms with Gasteiger partial charge in [-0.1, -0.05) is 11.6 Å². The van der Waals surface area contributed by atoms with E-state index >= 15 is 0 Å². The van der Waals surface area contributed by atoms with Gasteiger partial charge < -0.3 is 10.5 Å². The average Bonchev–Trinajstić information content (AvgIpc) is 2.05. The largest absolute Gasteiger partial charge is 0.481 e. The van der Waals surface area contributed by atoms with Gasteiger partial charge >= 0.3 is 0 Å². The number of rotatable bonds is 2. The summed E-state index contributed by atoms with van der Waals surface area (Å²) in [4.78, 5) is 14.5. The topological polar surface area (TPSA) is 65.2 Å². The zero-order chi connectivity index (χ0) is 9.14. The molecular formula is C7H7ClN2O2. The summed E-state index contributed by atoms with van der Waals surface area (Å²) < 4.78 is 4.78. The summed E-state index contributed by atoms with van der Waals surface area (Å²) >= 11 is 5.63.